The molecule has 3 heterocycles. The van der Waals surface area contributed by atoms with Gasteiger partial charge in [0, 0.05) is 12.1 Å². The average molecular weight is 387 g/mol. The van der Waals surface area contributed by atoms with E-state index in [0.29, 0.717) is 24.5 Å². The Bertz CT molecular complexity index is 1120. The number of hydrogen-bond donors (Lipinski definition) is 1. The van der Waals surface area contributed by atoms with Gasteiger partial charge in [0.15, 0.2) is 5.82 Å². The molecule has 0 saturated carbocycles. The molecule has 0 aliphatic carbocycles. The van der Waals surface area contributed by atoms with Crippen LogP contribution in [0, 0.1) is 0 Å². The zero-order chi connectivity index (χ0) is 19.6. The second-order valence-electron chi connectivity index (χ2n) is 6.73. The molecule has 2 aliphatic rings. The van der Waals surface area contributed by atoms with Crippen molar-refractivity contribution in [1.29, 1.82) is 0 Å². The van der Waals surface area contributed by atoms with E-state index in [4.69, 9.17) is 4.74 Å². The number of nitrogens with one attached hydrogen (secondary N) is 1. The molecule has 144 valence electrons. The number of ether oxygens (including phenoxy) is 1. The molecule has 1 aromatic heterocycles. The fourth-order valence-electron chi connectivity index (χ4n) is 3.35. The van der Waals surface area contributed by atoms with Gasteiger partial charge in [0.05, 0.1) is 6.54 Å². The molecule has 1 amide bonds. The Morgan fingerprint density at radius 2 is 1.97 bits per heavy atom. The smallest absolute Gasteiger partial charge is 0.289 e. The summed E-state index contributed by atoms with van der Waals surface area (Å²) in [6.45, 7) is 0.624. The molecule has 0 radical (unpaired) electrons. The summed E-state index contributed by atoms with van der Waals surface area (Å²) in [6, 6.07) is 16.9. The van der Waals surface area contributed by atoms with Crippen molar-refractivity contribution in [3.05, 3.63) is 66.0 Å². The van der Waals surface area contributed by atoms with Crippen LogP contribution in [0.15, 0.2) is 64.6 Å². The fourth-order valence-corrected chi connectivity index (χ4v) is 3.35. The van der Waals surface area contributed by atoms with Crippen molar-refractivity contribution in [3.8, 4) is 11.4 Å². The van der Waals surface area contributed by atoms with Crippen LogP contribution in [0.5, 0.6) is 5.75 Å². The maximum absolute atomic E-state index is 12.7. The van der Waals surface area contributed by atoms with Crippen LogP contribution in [-0.4, -0.2) is 50.8 Å². The number of carbonyl (C=O) groups is 1. The standard InChI is InChI=1S/C20H17N7O2/c28-20(18-21-11-14(22-18)10-13-6-2-1-3-7-13)23-15-12-29-17-9-5-4-8-16(17)27-19(15)24-25-26-27/h1-9,15H,10-12H2,(H,23,28)/t15-/m0/s1. The highest BCUT2D eigenvalue weighted by Gasteiger charge is 2.29. The minimum atomic E-state index is -0.527. The number of aromatic nitrogens is 4. The summed E-state index contributed by atoms with van der Waals surface area (Å²) in [6.07, 6.45) is 0.668. The Morgan fingerprint density at radius 1 is 1.14 bits per heavy atom. The lowest BCUT2D eigenvalue weighted by Crippen LogP contribution is -2.37. The van der Waals surface area contributed by atoms with Gasteiger partial charge in [0.1, 0.15) is 24.1 Å². The van der Waals surface area contributed by atoms with Gasteiger partial charge in [-0.25, -0.2) is 4.99 Å². The molecule has 3 aromatic rings. The summed E-state index contributed by atoms with van der Waals surface area (Å²) >= 11 is 0. The summed E-state index contributed by atoms with van der Waals surface area (Å²) in [5, 5.41) is 14.8. The van der Waals surface area contributed by atoms with Crippen LogP contribution in [0.25, 0.3) is 5.69 Å². The lowest BCUT2D eigenvalue weighted by atomic mass is 10.1. The van der Waals surface area contributed by atoms with Gasteiger partial charge in [-0.15, -0.1) is 5.10 Å². The van der Waals surface area contributed by atoms with E-state index in [1.54, 1.807) is 4.68 Å². The molecule has 0 fully saturated rings. The molecule has 0 bridgehead atoms. The second kappa shape index (κ2) is 7.27. The van der Waals surface area contributed by atoms with Gasteiger partial charge in [0.25, 0.3) is 5.91 Å². The van der Waals surface area contributed by atoms with E-state index >= 15 is 0 Å². The summed E-state index contributed by atoms with van der Waals surface area (Å²) in [4.78, 5) is 21.4. The van der Waals surface area contributed by atoms with Crippen LogP contribution in [0.1, 0.15) is 17.4 Å². The Morgan fingerprint density at radius 3 is 2.86 bits per heavy atom. The lowest BCUT2D eigenvalue weighted by molar-refractivity contribution is -0.115. The van der Waals surface area contributed by atoms with E-state index in [1.165, 1.54) is 0 Å². The number of fused-ring (bicyclic) bond motifs is 3. The van der Waals surface area contributed by atoms with Crippen molar-refractivity contribution in [2.45, 2.75) is 12.5 Å². The Balaban J connectivity index is 1.32. The van der Waals surface area contributed by atoms with E-state index in [9.17, 15) is 4.79 Å². The van der Waals surface area contributed by atoms with Crippen molar-refractivity contribution in [2.75, 3.05) is 13.2 Å². The molecule has 9 nitrogen and oxygen atoms in total. The summed E-state index contributed by atoms with van der Waals surface area (Å²) in [5.41, 5.74) is 2.72. The molecule has 5 rings (SSSR count). The third-order valence-electron chi connectivity index (χ3n) is 4.74. The first-order valence-electron chi connectivity index (χ1n) is 9.24. The SMILES string of the molecule is O=C(N[C@H]1COc2ccccc2-n2nnnc21)C1=NCC(Cc2ccccc2)=N1. The molecule has 9 heteroatoms. The highest BCUT2D eigenvalue weighted by atomic mass is 16.5. The first-order chi connectivity index (χ1) is 14.3. The van der Waals surface area contributed by atoms with Crippen molar-refractivity contribution in [3.63, 3.8) is 0 Å². The highest BCUT2D eigenvalue weighted by molar-refractivity contribution is 6.41. The van der Waals surface area contributed by atoms with E-state index in [2.05, 4.69) is 30.8 Å². The maximum Gasteiger partial charge on any atom is 0.289 e. The molecule has 2 aliphatic heterocycles. The predicted octanol–water partition coefficient (Wildman–Crippen LogP) is 1.31. The number of amidine groups is 1. The molecule has 0 spiro atoms. The summed E-state index contributed by atoms with van der Waals surface area (Å²) in [5.74, 6) is 0.938. The van der Waals surface area contributed by atoms with Gasteiger partial charge >= 0.3 is 0 Å². The molecule has 2 aromatic carbocycles. The van der Waals surface area contributed by atoms with E-state index in [1.807, 2.05) is 54.6 Å². The van der Waals surface area contributed by atoms with Gasteiger partial charge in [-0.3, -0.25) is 9.79 Å². The van der Waals surface area contributed by atoms with Gasteiger partial charge in [0.2, 0.25) is 5.84 Å². The van der Waals surface area contributed by atoms with Gasteiger partial charge < -0.3 is 10.1 Å². The number of para-hydroxylation sites is 2. The number of amides is 1. The maximum atomic E-state index is 12.7. The zero-order valence-corrected chi connectivity index (χ0v) is 15.4. The van der Waals surface area contributed by atoms with E-state index in [-0.39, 0.29) is 18.3 Å². The molecule has 29 heavy (non-hydrogen) atoms. The highest BCUT2D eigenvalue weighted by Crippen LogP contribution is 2.28. The average Bonchev–Trinajstić information content (AvgIpc) is 3.39. The zero-order valence-electron chi connectivity index (χ0n) is 15.4. The number of rotatable bonds is 4. The fraction of sp³-hybridized carbons (Fsp3) is 0.200. The second-order valence-corrected chi connectivity index (χ2v) is 6.73. The van der Waals surface area contributed by atoms with E-state index < -0.39 is 6.04 Å². The first kappa shape index (κ1) is 17.2. The number of nitrogens with zero attached hydrogens (tertiary/aromatic N) is 6. The van der Waals surface area contributed by atoms with Crippen LogP contribution in [0.4, 0.5) is 0 Å². The molecule has 0 unspecified atom stereocenters. The molecule has 1 N–H and O–H groups in total. The van der Waals surface area contributed by atoms with Gasteiger partial charge in [-0.1, -0.05) is 42.5 Å². The van der Waals surface area contributed by atoms with Gasteiger partial charge in [-0.2, -0.15) is 4.68 Å². The third-order valence-corrected chi connectivity index (χ3v) is 4.74. The minimum Gasteiger partial charge on any atom is -0.489 e. The topological polar surface area (TPSA) is 107 Å². The molecular weight excluding hydrogens is 370 g/mol. The molecular formula is C20H17N7O2. The normalized spacial score (nSPS) is 17.3. The molecule has 1 atom stereocenters. The Labute approximate surface area is 166 Å². The number of tetrazole rings is 1. The van der Waals surface area contributed by atoms with Crippen LogP contribution in [0.2, 0.25) is 0 Å². The predicted molar refractivity (Wildman–Crippen MR) is 105 cm³/mol. The van der Waals surface area contributed by atoms with Crippen LogP contribution in [0.3, 0.4) is 0 Å². The monoisotopic (exact) mass is 387 g/mol. The van der Waals surface area contributed by atoms with Crippen molar-refractivity contribution < 1.29 is 9.53 Å². The minimum absolute atomic E-state index is 0.164. The first-order valence-corrected chi connectivity index (χ1v) is 9.24. The van der Waals surface area contributed by atoms with E-state index in [0.717, 1.165) is 17.0 Å². The van der Waals surface area contributed by atoms with Crippen molar-refractivity contribution in [2.24, 2.45) is 9.98 Å². The quantitative estimate of drug-likeness (QED) is 0.726. The number of hydrogen-bond acceptors (Lipinski definition) is 7. The summed E-state index contributed by atoms with van der Waals surface area (Å²) in [7, 11) is 0. The Kier molecular flexibility index (Phi) is 4.32. The van der Waals surface area contributed by atoms with Crippen LogP contribution >= 0.6 is 0 Å². The van der Waals surface area contributed by atoms with Crippen LogP contribution in [-0.2, 0) is 11.2 Å². The van der Waals surface area contributed by atoms with Crippen LogP contribution < -0.4 is 10.1 Å². The van der Waals surface area contributed by atoms with Crippen molar-refractivity contribution in [1.82, 2.24) is 25.5 Å². The number of carbonyl (C=O) groups excluding carboxylic acids is 1. The number of benzene rings is 2. The Hall–Kier alpha value is -3.88. The summed E-state index contributed by atoms with van der Waals surface area (Å²) < 4.78 is 7.42. The van der Waals surface area contributed by atoms with Crippen molar-refractivity contribution >= 4 is 17.5 Å². The van der Waals surface area contributed by atoms with Gasteiger partial charge in [-0.05, 0) is 28.1 Å². The lowest BCUT2D eigenvalue weighted by Gasteiger charge is -2.14. The number of aliphatic imine (C=N–C) groups is 2. The largest absolute Gasteiger partial charge is 0.489 e. The third kappa shape index (κ3) is 3.38. The molecule has 0 saturated heterocycles.